The molecule has 1 aliphatic heterocycles. The minimum atomic E-state index is -0.614. The fourth-order valence-electron chi connectivity index (χ4n) is 12.2. The van der Waals surface area contributed by atoms with Crippen LogP contribution in [0.25, 0.3) is 66.1 Å². The van der Waals surface area contributed by atoms with Crippen LogP contribution in [0.15, 0.2) is 237 Å². The Balaban J connectivity index is 0.955. The fraction of sp³-hybridized carbons (Fsp3) is 0.0606. The van der Waals surface area contributed by atoms with E-state index in [1.807, 2.05) is 0 Å². The molecule has 0 amide bonds. The summed E-state index contributed by atoms with van der Waals surface area (Å²) in [7, 11) is 0. The van der Waals surface area contributed by atoms with Crippen LogP contribution in [0.1, 0.15) is 47.2 Å². The summed E-state index contributed by atoms with van der Waals surface area (Å²) < 4.78 is 7.23. The van der Waals surface area contributed by atoms with Gasteiger partial charge >= 0.3 is 0 Å². The molecule has 2 heteroatoms. The first-order valence-electron chi connectivity index (χ1n) is 23.7. The minimum Gasteiger partial charge on any atom is -0.455 e. The summed E-state index contributed by atoms with van der Waals surface area (Å²) in [5, 5.41) is 4.57. The van der Waals surface area contributed by atoms with Crippen LogP contribution < -0.4 is 9.64 Å². The van der Waals surface area contributed by atoms with E-state index >= 15 is 0 Å². The molecular weight excluding hydrogens is 823 g/mol. The lowest BCUT2D eigenvalue weighted by Crippen LogP contribution is -2.32. The van der Waals surface area contributed by atoms with Gasteiger partial charge in [0.15, 0.2) is 0 Å². The second-order valence-corrected chi connectivity index (χ2v) is 19.2. The van der Waals surface area contributed by atoms with E-state index in [4.69, 9.17) is 4.74 Å². The Morgan fingerprint density at radius 2 is 0.838 bits per heavy atom. The van der Waals surface area contributed by atoms with Crippen molar-refractivity contribution < 1.29 is 4.74 Å². The van der Waals surface area contributed by atoms with E-state index in [1.54, 1.807) is 0 Å². The Bertz CT molecular complexity index is 3780. The molecule has 68 heavy (non-hydrogen) atoms. The molecule has 0 atom stereocenters. The quantitative estimate of drug-likeness (QED) is 0.171. The number of fused-ring (bicyclic) bond motifs is 16. The molecule has 0 fully saturated rings. The second kappa shape index (κ2) is 14.5. The number of anilines is 3. The highest BCUT2D eigenvalue weighted by Gasteiger charge is 2.52. The second-order valence-electron chi connectivity index (χ2n) is 19.2. The Morgan fingerprint density at radius 3 is 1.54 bits per heavy atom. The number of hydrogen-bond donors (Lipinski definition) is 0. The Hall–Kier alpha value is -8.46. The molecular formula is C66H45NO. The van der Waals surface area contributed by atoms with Gasteiger partial charge in [-0.2, -0.15) is 0 Å². The van der Waals surface area contributed by atoms with Crippen molar-refractivity contribution in [1.29, 1.82) is 0 Å². The van der Waals surface area contributed by atoms with Gasteiger partial charge in [0, 0.05) is 44.3 Å². The van der Waals surface area contributed by atoms with Crippen molar-refractivity contribution in [1.82, 2.24) is 0 Å². The molecule has 0 aromatic heterocycles. The molecule has 0 bridgehead atoms. The summed E-state index contributed by atoms with van der Waals surface area (Å²) in [6.45, 7) is 4.70. The molecule has 1 spiro atoms. The maximum absolute atomic E-state index is 7.23. The lowest BCUT2D eigenvalue weighted by molar-refractivity contribution is 0.447. The SMILES string of the molecule is CC1(C)c2ccccc2-c2cc(N(c3ccc(-c4ccc5c(c4)C4(c6ccccc6-5)c5ccc6ccccc6c5Oc5c4ccc4ccccc54)cc3)c3ccccc3-c3ccccc3)ccc21. The lowest BCUT2D eigenvalue weighted by atomic mass is 9.65. The Morgan fingerprint density at radius 1 is 0.324 bits per heavy atom. The molecule has 3 aliphatic rings. The van der Waals surface area contributed by atoms with Gasteiger partial charge < -0.3 is 9.64 Å². The summed E-state index contributed by atoms with van der Waals surface area (Å²) in [5.74, 6) is 1.86. The molecule has 11 aromatic carbocycles. The first-order chi connectivity index (χ1) is 33.5. The molecule has 0 unspecified atom stereocenters. The van der Waals surface area contributed by atoms with Crippen LogP contribution in [0.5, 0.6) is 11.5 Å². The standard InChI is InChI=1S/C66H45NO/c1-65(2)56-25-13-10-24-53(56)55-41-48(35-39-57(55)65)67(62-27-15-12-20-49(62)43-16-4-3-5-17-43)47-33-28-42(29-34-47)46-30-36-54-52-23-11-14-26-58(52)66(61(54)40-46)59-37-31-44-18-6-8-21-50(44)63(59)68-64-51-22-9-7-19-45(51)32-38-60(64)66/h3-41H,1-2H3. The van der Waals surface area contributed by atoms with Crippen molar-refractivity contribution in [3.63, 3.8) is 0 Å². The van der Waals surface area contributed by atoms with Gasteiger partial charge in [-0.1, -0.05) is 214 Å². The van der Waals surface area contributed by atoms with Crippen molar-refractivity contribution >= 4 is 38.6 Å². The largest absolute Gasteiger partial charge is 0.455 e. The third-order valence-corrected chi connectivity index (χ3v) is 15.3. The van der Waals surface area contributed by atoms with Crippen molar-refractivity contribution in [2.45, 2.75) is 24.7 Å². The van der Waals surface area contributed by atoms with Gasteiger partial charge in [0.25, 0.3) is 0 Å². The predicted octanol–water partition coefficient (Wildman–Crippen LogP) is 17.6. The van der Waals surface area contributed by atoms with Crippen LogP contribution in [0.3, 0.4) is 0 Å². The smallest absolute Gasteiger partial charge is 0.140 e. The van der Waals surface area contributed by atoms with Gasteiger partial charge in [-0.15, -0.1) is 0 Å². The number of hydrogen-bond acceptors (Lipinski definition) is 2. The molecule has 0 saturated heterocycles. The Kier molecular flexibility index (Phi) is 8.28. The number of para-hydroxylation sites is 1. The highest BCUT2D eigenvalue weighted by molar-refractivity contribution is 6.00. The summed E-state index contributed by atoms with van der Waals surface area (Å²) in [5.41, 5.74) is 20.1. The number of benzene rings is 11. The van der Waals surface area contributed by atoms with E-state index in [-0.39, 0.29) is 5.41 Å². The van der Waals surface area contributed by atoms with Crippen molar-refractivity contribution in [2.75, 3.05) is 4.90 Å². The predicted molar refractivity (Wildman–Crippen MR) is 282 cm³/mol. The third kappa shape index (κ3) is 5.40. The molecule has 1 heterocycles. The van der Waals surface area contributed by atoms with Gasteiger partial charge in [0.05, 0.1) is 11.1 Å². The molecule has 0 saturated carbocycles. The summed E-state index contributed by atoms with van der Waals surface area (Å²) in [6.07, 6.45) is 0. The Labute approximate surface area is 397 Å². The highest BCUT2D eigenvalue weighted by atomic mass is 16.5. The van der Waals surface area contributed by atoms with E-state index in [2.05, 4.69) is 255 Å². The van der Waals surface area contributed by atoms with Crippen LogP contribution >= 0.6 is 0 Å². The summed E-state index contributed by atoms with van der Waals surface area (Å²) in [4.78, 5) is 2.44. The van der Waals surface area contributed by atoms with Gasteiger partial charge in [-0.25, -0.2) is 0 Å². The zero-order chi connectivity index (χ0) is 45.1. The van der Waals surface area contributed by atoms with Crippen LogP contribution in [-0.2, 0) is 10.8 Å². The van der Waals surface area contributed by atoms with Crippen LogP contribution in [0, 0.1) is 0 Å². The first-order valence-corrected chi connectivity index (χ1v) is 23.7. The van der Waals surface area contributed by atoms with Crippen molar-refractivity contribution in [2.24, 2.45) is 0 Å². The van der Waals surface area contributed by atoms with E-state index in [9.17, 15) is 0 Å². The van der Waals surface area contributed by atoms with Crippen LogP contribution in [-0.4, -0.2) is 0 Å². The van der Waals surface area contributed by atoms with Gasteiger partial charge in [-0.3, -0.25) is 0 Å². The average molecular weight is 868 g/mol. The van der Waals surface area contributed by atoms with E-state index < -0.39 is 5.41 Å². The zero-order valence-corrected chi connectivity index (χ0v) is 37.9. The third-order valence-electron chi connectivity index (χ3n) is 15.3. The van der Waals surface area contributed by atoms with E-state index in [1.165, 1.54) is 83.1 Å². The zero-order valence-electron chi connectivity index (χ0n) is 37.9. The highest BCUT2D eigenvalue weighted by Crippen LogP contribution is 2.64. The molecule has 320 valence electrons. The normalized spacial score (nSPS) is 14.1. The van der Waals surface area contributed by atoms with Crippen molar-refractivity contribution in [3.8, 4) is 56.0 Å². The first kappa shape index (κ1) is 38.8. The average Bonchev–Trinajstić information content (AvgIpc) is 3.81. The van der Waals surface area contributed by atoms with Crippen molar-refractivity contribution in [3.05, 3.63) is 270 Å². The molecule has 14 rings (SSSR count). The number of rotatable bonds is 5. The van der Waals surface area contributed by atoms with Gasteiger partial charge in [-0.05, 0) is 108 Å². The molecule has 11 aromatic rings. The topological polar surface area (TPSA) is 12.5 Å². The summed E-state index contributed by atoms with van der Waals surface area (Å²) in [6, 6.07) is 87.4. The molecule has 0 radical (unpaired) electrons. The van der Waals surface area contributed by atoms with E-state index in [0.717, 1.165) is 44.9 Å². The maximum Gasteiger partial charge on any atom is 0.140 e. The minimum absolute atomic E-state index is 0.0783. The molecule has 2 aliphatic carbocycles. The maximum atomic E-state index is 7.23. The van der Waals surface area contributed by atoms with Crippen LogP contribution in [0.2, 0.25) is 0 Å². The monoisotopic (exact) mass is 867 g/mol. The van der Waals surface area contributed by atoms with E-state index in [0.29, 0.717) is 0 Å². The lowest BCUT2D eigenvalue weighted by Gasteiger charge is -2.40. The van der Waals surface area contributed by atoms with Gasteiger partial charge in [0.2, 0.25) is 0 Å². The molecule has 2 nitrogen and oxygen atoms in total. The number of ether oxygens (including phenoxy) is 1. The summed E-state index contributed by atoms with van der Waals surface area (Å²) >= 11 is 0. The van der Waals surface area contributed by atoms with Crippen LogP contribution in [0.4, 0.5) is 17.1 Å². The van der Waals surface area contributed by atoms with Gasteiger partial charge in [0.1, 0.15) is 11.5 Å². The molecule has 0 N–H and O–H groups in total. The fourth-order valence-corrected chi connectivity index (χ4v) is 12.2. The number of nitrogens with zero attached hydrogens (tertiary/aromatic N) is 1.